The van der Waals surface area contributed by atoms with Crippen LogP contribution in [0.2, 0.25) is 0 Å². The SMILES string of the molecule is COc1cc(-c2nc(S)cs2)c(OC)cc1C. The molecule has 2 aromatic rings. The van der Waals surface area contributed by atoms with E-state index in [4.69, 9.17) is 9.47 Å². The minimum atomic E-state index is 0.714. The van der Waals surface area contributed by atoms with Gasteiger partial charge in [-0.3, -0.25) is 0 Å². The Hall–Kier alpha value is -1.20. The monoisotopic (exact) mass is 267 g/mol. The fraction of sp³-hybridized carbons (Fsp3) is 0.250. The average molecular weight is 267 g/mol. The Kier molecular flexibility index (Phi) is 3.59. The van der Waals surface area contributed by atoms with Crippen molar-refractivity contribution in [3.05, 3.63) is 23.1 Å². The number of thiazole rings is 1. The number of ether oxygens (including phenoxy) is 2. The zero-order valence-electron chi connectivity index (χ0n) is 9.85. The minimum absolute atomic E-state index is 0.714. The van der Waals surface area contributed by atoms with E-state index in [1.165, 1.54) is 11.3 Å². The van der Waals surface area contributed by atoms with Gasteiger partial charge in [0.25, 0.3) is 0 Å². The quantitative estimate of drug-likeness (QED) is 0.865. The van der Waals surface area contributed by atoms with E-state index >= 15 is 0 Å². The molecule has 1 heterocycles. The summed E-state index contributed by atoms with van der Waals surface area (Å²) in [4.78, 5) is 4.34. The molecular formula is C12H13NO2S2. The predicted octanol–water partition coefficient (Wildman–Crippen LogP) is 3.42. The van der Waals surface area contributed by atoms with Gasteiger partial charge in [-0.2, -0.15) is 0 Å². The highest BCUT2D eigenvalue weighted by Gasteiger charge is 2.13. The largest absolute Gasteiger partial charge is 0.496 e. The van der Waals surface area contributed by atoms with Gasteiger partial charge < -0.3 is 9.47 Å². The lowest BCUT2D eigenvalue weighted by atomic mass is 10.1. The predicted molar refractivity (Wildman–Crippen MR) is 72.6 cm³/mol. The number of benzene rings is 1. The Labute approximate surface area is 110 Å². The highest BCUT2D eigenvalue weighted by molar-refractivity contribution is 7.80. The smallest absolute Gasteiger partial charge is 0.129 e. The molecule has 0 saturated carbocycles. The third-order valence-corrected chi connectivity index (χ3v) is 3.72. The van der Waals surface area contributed by atoms with Crippen molar-refractivity contribution in [1.82, 2.24) is 4.98 Å². The van der Waals surface area contributed by atoms with Crippen molar-refractivity contribution in [2.24, 2.45) is 0 Å². The molecule has 0 atom stereocenters. The van der Waals surface area contributed by atoms with Gasteiger partial charge in [0.1, 0.15) is 21.5 Å². The molecule has 3 nitrogen and oxygen atoms in total. The number of rotatable bonds is 3. The van der Waals surface area contributed by atoms with Crippen molar-refractivity contribution in [3.8, 4) is 22.1 Å². The van der Waals surface area contributed by atoms with Gasteiger partial charge >= 0.3 is 0 Å². The Morgan fingerprint density at radius 1 is 1.18 bits per heavy atom. The van der Waals surface area contributed by atoms with Crippen LogP contribution in [-0.2, 0) is 0 Å². The summed E-state index contributed by atoms with van der Waals surface area (Å²) in [6.07, 6.45) is 0. The summed E-state index contributed by atoms with van der Waals surface area (Å²) < 4.78 is 10.7. The van der Waals surface area contributed by atoms with Crippen LogP contribution in [0.3, 0.4) is 0 Å². The third-order valence-electron chi connectivity index (χ3n) is 2.44. The van der Waals surface area contributed by atoms with E-state index in [1.807, 2.05) is 24.4 Å². The van der Waals surface area contributed by atoms with E-state index in [0.717, 1.165) is 27.6 Å². The van der Waals surface area contributed by atoms with Crippen LogP contribution in [0.5, 0.6) is 11.5 Å². The Bertz CT molecular complexity index is 537. The first kappa shape index (κ1) is 12.3. The average Bonchev–Trinajstić information content (AvgIpc) is 2.75. The van der Waals surface area contributed by atoms with Crippen LogP contribution in [0, 0.1) is 6.92 Å². The van der Waals surface area contributed by atoms with Gasteiger partial charge in [0.15, 0.2) is 0 Å². The summed E-state index contributed by atoms with van der Waals surface area (Å²) in [7, 11) is 3.31. The van der Waals surface area contributed by atoms with Gasteiger partial charge in [0, 0.05) is 5.38 Å². The number of thiol groups is 1. The van der Waals surface area contributed by atoms with Crippen molar-refractivity contribution in [2.45, 2.75) is 11.9 Å². The van der Waals surface area contributed by atoms with Crippen LogP contribution in [0.15, 0.2) is 22.5 Å². The highest BCUT2D eigenvalue weighted by atomic mass is 32.1. The van der Waals surface area contributed by atoms with Crippen LogP contribution < -0.4 is 9.47 Å². The molecule has 1 aromatic heterocycles. The van der Waals surface area contributed by atoms with Gasteiger partial charge in [-0.05, 0) is 24.6 Å². The second-order valence-electron chi connectivity index (χ2n) is 3.53. The van der Waals surface area contributed by atoms with Crippen molar-refractivity contribution < 1.29 is 9.47 Å². The van der Waals surface area contributed by atoms with Crippen LogP contribution in [0.25, 0.3) is 10.6 Å². The van der Waals surface area contributed by atoms with Gasteiger partial charge in [-0.25, -0.2) is 4.98 Å². The summed E-state index contributed by atoms with van der Waals surface area (Å²) in [5.74, 6) is 1.63. The molecule has 17 heavy (non-hydrogen) atoms. The molecule has 5 heteroatoms. The molecule has 0 saturated heterocycles. The van der Waals surface area contributed by atoms with Gasteiger partial charge in [0.05, 0.1) is 19.8 Å². The second-order valence-corrected chi connectivity index (χ2v) is 4.85. The van der Waals surface area contributed by atoms with Crippen LogP contribution in [0.4, 0.5) is 0 Å². The second kappa shape index (κ2) is 4.98. The molecule has 0 N–H and O–H groups in total. The van der Waals surface area contributed by atoms with Crippen molar-refractivity contribution in [2.75, 3.05) is 14.2 Å². The van der Waals surface area contributed by atoms with Crippen molar-refractivity contribution in [1.29, 1.82) is 0 Å². The van der Waals surface area contributed by atoms with Crippen LogP contribution >= 0.6 is 24.0 Å². The molecule has 1 aromatic carbocycles. The number of aromatic nitrogens is 1. The fourth-order valence-electron chi connectivity index (χ4n) is 1.61. The van der Waals surface area contributed by atoms with Crippen molar-refractivity contribution >= 4 is 24.0 Å². The molecule has 90 valence electrons. The molecule has 0 aliphatic heterocycles. The first-order valence-electron chi connectivity index (χ1n) is 5.03. The molecule has 0 amide bonds. The van der Waals surface area contributed by atoms with E-state index in [-0.39, 0.29) is 0 Å². The Balaban J connectivity index is 2.58. The van der Waals surface area contributed by atoms with Crippen molar-refractivity contribution in [3.63, 3.8) is 0 Å². The molecule has 0 aliphatic rings. The lowest BCUT2D eigenvalue weighted by Crippen LogP contribution is -1.93. The van der Waals surface area contributed by atoms with Gasteiger partial charge in [-0.1, -0.05) is 0 Å². The van der Waals surface area contributed by atoms with E-state index in [0.29, 0.717) is 5.03 Å². The third kappa shape index (κ3) is 2.40. The Morgan fingerprint density at radius 3 is 2.41 bits per heavy atom. The first-order chi connectivity index (χ1) is 8.15. The normalized spacial score (nSPS) is 10.4. The fourth-order valence-corrected chi connectivity index (χ4v) is 2.64. The van der Waals surface area contributed by atoms with E-state index in [2.05, 4.69) is 17.6 Å². The van der Waals surface area contributed by atoms with Gasteiger partial charge in [-0.15, -0.1) is 24.0 Å². The summed E-state index contributed by atoms with van der Waals surface area (Å²) in [5.41, 5.74) is 1.97. The molecule has 0 bridgehead atoms. The number of hydrogen-bond acceptors (Lipinski definition) is 5. The molecule has 2 rings (SSSR count). The summed E-state index contributed by atoms with van der Waals surface area (Å²) in [5, 5.41) is 3.49. The van der Waals surface area contributed by atoms with E-state index in [1.54, 1.807) is 14.2 Å². The standard InChI is InChI=1S/C12H13NO2S2/c1-7-4-10(15-3)8(5-9(7)14-2)12-13-11(16)6-17-12/h4-6,16H,1-3H3. The molecular weight excluding hydrogens is 254 g/mol. The maximum atomic E-state index is 5.38. The number of nitrogens with zero attached hydrogens (tertiary/aromatic N) is 1. The first-order valence-corrected chi connectivity index (χ1v) is 6.36. The molecule has 0 radical (unpaired) electrons. The zero-order valence-corrected chi connectivity index (χ0v) is 11.6. The minimum Gasteiger partial charge on any atom is -0.496 e. The summed E-state index contributed by atoms with van der Waals surface area (Å²) in [6.45, 7) is 1.98. The van der Waals surface area contributed by atoms with Gasteiger partial charge in [0.2, 0.25) is 0 Å². The number of aryl methyl sites for hydroxylation is 1. The lowest BCUT2D eigenvalue weighted by molar-refractivity contribution is 0.402. The van der Waals surface area contributed by atoms with E-state index in [9.17, 15) is 0 Å². The highest BCUT2D eigenvalue weighted by Crippen LogP contribution is 2.37. The lowest BCUT2D eigenvalue weighted by Gasteiger charge is -2.11. The molecule has 0 aliphatic carbocycles. The van der Waals surface area contributed by atoms with Crippen LogP contribution in [0.1, 0.15) is 5.56 Å². The zero-order chi connectivity index (χ0) is 12.4. The summed E-state index contributed by atoms with van der Waals surface area (Å²) in [6, 6.07) is 3.90. The maximum Gasteiger partial charge on any atom is 0.129 e. The number of methoxy groups -OCH3 is 2. The molecule has 0 spiro atoms. The number of hydrogen-bond donors (Lipinski definition) is 1. The Morgan fingerprint density at radius 2 is 1.88 bits per heavy atom. The molecule has 0 unspecified atom stereocenters. The molecule has 0 fully saturated rings. The van der Waals surface area contributed by atoms with E-state index < -0.39 is 0 Å². The maximum absolute atomic E-state index is 5.38. The van der Waals surface area contributed by atoms with Crippen LogP contribution in [-0.4, -0.2) is 19.2 Å². The topological polar surface area (TPSA) is 31.4 Å². The summed E-state index contributed by atoms with van der Waals surface area (Å²) >= 11 is 5.75.